The summed E-state index contributed by atoms with van der Waals surface area (Å²) in [6.07, 6.45) is 1.06. The quantitative estimate of drug-likeness (QED) is 0.793. The number of nitrogens with two attached hydrogens (primary N) is 1. The van der Waals surface area contributed by atoms with Crippen molar-refractivity contribution in [2.45, 2.75) is 45.4 Å². The van der Waals surface area contributed by atoms with Crippen LogP contribution in [0.4, 0.5) is 0 Å². The number of amides is 1. The van der Waals surface area contributed by atoms with E-state index in [9.17, 15) is 4.79 Å². The van der Waals surface area contributed by atoms with Crippen LogP contribution in [-0.4, -0.2) is 36.6 Å². The van der Waals surface area contributed by atoms with Gasteiger partial charge in [0.2, 0.25) is 5.91 Å². The molecule has 20 heavy (non-hydrogen) atoms. The molecule has 1 rings (SSSR count). The third-order valence-corrected chi connectivity index (χ3v) is 3.64. The van der Waals surface area contributed by atoms with Gasteiger partial charge in [-0.25, -0.2) is 0 Å². The first-order chi connectivity index (χ1) is 9.62. The van der Waals surface area contributed by atoms with E-state index < -0.39 is 0 Å². The minimum absolute atomic E-state index is 0.0977. The van der Waals surface area contributed by atoms with Gasteiger partial charge in [-0.15, -0.1) is 0 Å². The van der Waals surface area contributed by atoms with Crippen LogP contribution in [0.15, 0.2) is 30.3 Å². The summed E-state index contributed by atoms with van der Waals surface area (Å²) in [7, 11) is 1.59. The van der Waals surface area contributed by atoms with Gasteiger partial charge >= 0.3 is 0 Å². The van der Waals surface area contributed by atoms with Crippen molar-refractivity contribution in [3.63, 3.8) is 0 Å². The maximum absolute atomic E-state index is 12.5. The molecular weight excluding hydrogens is 252 g/mol. The molecule has 2 atom stereocenters. The van der Waals surface area contributed by atoms with Crippen molar-refractivity contribution >= 4 is 5.91 Å². The highest BCUT2D eigenvalue weighted by atomic mass is 16.5. The van der Waals surface area contributed by atoms with E-state index in [-0.39, 0.29) is 18.1 Å². The normalized spacial score (nSPS) is 13.8. The summed E-state index contributed by atoms with van der Waals surface area (Å²) in [6.45, 7) is 5.16. The molecular formula is C16H26N2O2. The summed E-state index contributed by atoms with van der Waals surface area (Å²) in [5.41, 5.74) is 6.74. The van der Waals surface area contributed by atoms with Crippen LogP contribution in [0.2, 0.25) is 0 Å². The van der Waals surface area contributed by atoms with Crippen LogP contribution in [0, 0.1) is 0 Å². The fourth-order valence-corrected chi connectivity index (χ4v) is 2.07. The van der Waals surface area contributed by atoms with Crippen molar-refractivity contribution in [3.05, 3.63) is 35.9 Å². The summed E-state index contributed by atoms with van der Waals surface area (Å²) in [4.78, 5) is 14.4. The Labute approximate surface area is 121 Å². The van der Waals surface area contributed by atoms with E-state index in [4.69, 9.17) is 10.5 Å². The predicted molar refractivity (Wildman–Crippen MR) is 81.2 cm³/mol. The minimum atomic E-state index is -0.204. The van der Waals surface area contributed by atoms with Crippen molar-refractivity contribution < 1.29 is 9.53 Å². The van der Waals surface area contributed by atoms with Gasteiger partial charge in [0, 0.05) is 26.2 Å². The molecule has 0 saturated carbocycles. The fourth-order valence-electron chi connectivity index (χ4n) is 2.07. The summed E-state index contributed by atoms with van der Waals surface area (Å²) < 4.78 is 5.21. The van der Waals surface area contributed by atoms with Crippen LogP contribution in [-0.2, 0) is 16.1 Å². The topological polar surface area (TPSA) is 55.6 Å². The van der Waals surface area contributed by atoms with Gasteiger partial charge in [0.15, 0.2) is 0 Å². The summed E-state index contributed by atoms with van der Waals surface area (Å²) >= 11 is 0. The molecule has 0 aromatic heterocycles. The van der Waals surface area contributed by atoms with E-state index in [1.54, 1.807) is 7.11 Å². The Hall–Kier alpha value is -1.39. The molecule has 2 N–H and O–H groups in total. The number of rotatable bonds is 8. The second-order valence-corrected chi connectivity index (χ2v) is 5.06. The SMILES string of the molecule is CCC(C)N(Cc1ccccc1)C(=O)CC(CN)OC. The van der Waals surface area contributed by atoms with Crippen LogP contribution in [0.1, 0.15) is 32.3 Å². The lowest BCUT2D eigenvalue weighted by Crippen LogP contribution is -2.40. The van der Waals surface area contributed by atoms with Crippen LogP contribution in [0.5, 0.6) is 0 Å². The molecule has 0 heterocycles. The zero-order valence-electron chi connectivity index (χ0n) is 12.7. The number of hydrogen-bond acceptors (Lipinski definition) is 3. The van der Waals surface area contributed by atoms with Gasteiger partial charge in [-0.05, 0) is 18.9 Å². The zero-order valence-corrected chi connectivity index (χ0v) is 12.7. The lowest BCUT2D eigenvalue weighted by Gasteiger charge is -2.30. The number of methoxy groups -OCH3 is 1. The van der Waals surface area contributed by atoms with E-state index in [1.165, 1.54) is 0 Å². The number of carbonyl (C=O) groups excluding carboxylic acids is 1. The third-order valence-electron chi connectivity index (χ3n) is 3.64. The molecule has 112 valence electrons. The van der Waals surface area contributed by atoms with Crippen LogP contribution < -0.4 is 5.73 Å². The molecule has 0 fully saturated rings. The highest BCUT2D eigenvalue weighted by Crippen LogP contribution is 2.13. The summed E-state index contributed by atoms with van der Waals surface area (Å²) in [6, 6.07) is 10.3. The second kappa shape index (κ2) is 8.72. The number of carbonyl (C=O) groups is 1. The average Bonchev–Trinajstić information content (AvgIpc) is 2.50. The molecule has 0 saturated heterocycles. The Morgan fingerprint density at radius 1 is 1.35 bits per heavy atom. The Kier molecular flexibility index (Phi) is 7.26. The van der Waals surface area contributed by atoms with Crippen LogP contribution in [0.25, 0.3) is 0 Å². The van der Waals surface area contributed by atoms with E-state index in [1.807, 2.05) is 35.2 Å². The minimum Gasteiger partial charge on any atom is -0.380 e. The Morgan fingerprint density at radius 2 is 2.00 bits per heavy atom. The van der Waals surface area contributed by atoms with Gasteiger partial charge in [-0.3, -0.25) is 4.79 Å². The van der Waals surface area contributed by atoms with Gasteiger partial charge in [0.1, 0.15) is 0 Å². The van der Waals surface area contributed by atoms with Crippen LogP contribution in [0.3, 0.4) is 0 Å². The Bertz CT molecular complexity index is 391. The first-order valence-electron chi connectivity index (χ1n) is 7.18. The molecule has 0 aliphatic heterocycles. The van der Waals surface area contributed by atoms with Crippen molar-refractivity contribution in [3.8, 4) is 0 Å². The van der Waals surface area contributed by atoms with Crippen molar-refractivity contribution in [2.75, 3.05) is 13.7 Å². The molecule has 1 aromatic carbocycles. The maximum Gasteiger partial charge on any atom is 0.225 e. The molecule has 2 unspecified atom stereocenters. The summed E-state index contributed by atoms with van der Waals surface area (Å²) in [5, 5.41) is 0. The number of ether oxygens (including phenoxy) is 1. The predicted octanol–water partition coefficient (Wildman–Crippen LogP) is 2.18. The van der Waals surface area contributed by atoms with Gasteiger partial charge in [-0.1, -0.05) is 37.3 Å². The molecule has 4 nitrogen and oxygen atoms in total. The van der Waals surface area contributed by atoms with Gasteiger partial charge in [0.25, 0.3) is 0 Å². The lowest BCUT2D eigenvalue weighted by molar-refractivity contribution is -0.136. The molecule has 0 aliphatic rings. The standard InChI is InChI=1S/C16H26N2O2/c1-4-13(2)18(12-14-8-6-5-7-9-14)16(19)10-15(11-17)20-3/h5-9,13,15H,4,10-12,17H2,1-3H3. The second-order valence-electron chi connectivity index (χ2n) is 5.06. The number of benzene rings is 1. The lowest BCUT2D eigenvalue weighted by atomic mass is 10.1. The Balaban J connectivity index is 2.76. The molecule has 0 radical (unpaired) electrons. The largest absolute Gasteiger partial charge is 0.380 e. The first-order valence-corrected chi connectivity index (χ1v) is 7.18. The zero-order chi connectivity index (χ0) is 15.0. The first kappa shape index (κ1) is 16.7. The molecule has 0 spiro atoms. The van der Waals surface area contributed by atoms with Crippen molar-refractivity contribution in [1.82, 2.24) is 4.90 Å². The monoisotopic (exact) mass is 278 g/mol. The maximum atomic E-state index is 12.5. The molecule has 1 amide bonds. The smallest absolute Gasteiger partial charge is 0.225 e. The highest BCUT2D eigenvalue weighted by Gasteiger charge is 2.22. The van der Waals surface area contributed by atoms with Gasteiger partial charge in [-0.2, -0.15) is 0 Å². The summed E-state index contributed by atoms with van der Waals surface area (Å²) in [5.74, 6) is 0.0977. The highest BCUT2D eigenvalue weighted by molar-refractivity contribution is 5.77. The van der Waals surface area contributed by atoms with E-state index in [0.29, 0.717) is 19.5 Å². The molecule has 4 heteroatoms. The molecule has 0 aliphatic carbocycles. The van der Waals surface area contributed by atoms with Crippen molar-refractivity contribution in [1.29, 1.82) is 0 Å². The van der Waals surface area contributed by atoms with E-state index in [0.717, 1.165) is 12.0 Å². The number of nitrogens with zero attached hydrogens (tertiary/aromatic N) is 1. The third kappa shape index (κ3) is 4.94. The van der Waals surface area contributed by atoms with E-state index in [2.05, 4.69) is 13.8 Å². The average molecular weight is 278 g/mol. The van der Waals surface area contributed by atoms with E-state index >= 15 is 0 Å². The van der Waals surface area contributed by atoms with Crippen molar-refractivity contribution in [2.24, 2.45) is 5.73 Å². The van der Waals surface area contributed by atoms with Gasteiger partial charge < -0.3 is 15.4 Å². The molecule has 1 aromatic rings. The van der Waals surface area contributed by atoms with Gasteiger partial charge in [0.05, 0.1) is 12.5 Å². The number of hydrogen-bond donors (Lipinski definition) is 1. The Morgan fingerprint density at radius 3 is 2.50 bits per heavy atom. The van der Waals surface area contributed by atoms with Crippen LogP contribution >= 0.6 is 0 Å². The molecule has 0 bridgehead atoms. The fraction of sp³-hybridized carbons (Fsp3) is 0.562.